The van der Waals surface area contributed by atoms with Crippen LogP contribution in [0.3, 0.4) is 0 Å². The van der Waals surface area contributed by atoms with Gasteiger partial charge in [0.1, 0.15) is 5.75 Å². The number of benzene rings is 8. The van der Waals surface area contributed by atoms with E-state index < -0.39 is 0 Å². The van der Waals surface area contributed by atoms with E-state index >= 15 is 0 Å². The maximum absolute atomic E-state index is 11.3. The molecule has 0 radical (unpaired) electrons. The Bertz CT molecular complexity index is 2330. The molecule has 0 amide bonds. The first kappa shape index (κ1) is 25.9. The Balaban J connectivity index is 1.23. The Kier molecular flexibility index (Phi) is 6.35. The molecule has 0 fully saturated rings. The molecule has 0 aliphatic carbocycles. The van der Waals surface area contributed by atoms with Crippen LogP contribution >= 0.6 is 0 Å². The summed E-state index contributed by atoms with van der Waals surface area (Å²) >= 11 is 0. The average molecular weight is 567 g/mol. The SMILES string of the molecule is Oc1ccc2ccccc2c1-c1c(NCNc2ccc3ccccc3c2-c2cccc3ccccc23)ccc2ccccc12. The Morgan fingerprint density at radius 2 is 0.795 bits per heavy atom. The highest BCUT2D eigenvalue weighted by Crippen LogP contribution is 2.44. The number of aromatic hydroxyl groups is 1. The zero-order valence-electron chi connectivity index (χ0n) is 24.1. The number of phenolic OH excluding ortho intramolecular Hbond substituents is 1. The molecule has 3 N–H and O–H groups in total. The first-order valence-electron chi connectivity index (χ1n) is 15.0. The number of fused-ring (bicyclic) bond motifs is 4. The lowest BCUT2D eigenvalue weighted by Crippen LogP contribution is -2.13. The zero-order chi connectivity index (χ0) is 29.5. The van der Waals surface area contributed by atoms with Gasteiger partial charge < -0.3 is 15.7 Å². The molecule has 0 saturated heterocycles. The predicted molar refractivity (Wildman–Crippen MR) is 188 cm³/mol. The van der Waals surface area contributed by atoms with E-state index in [4.69, 9.17) is 0 Å². The minimum absolute atomic E-state index is 0.267. The van der Waals surface area contributed by atoms with E-state index in [0.717, 1.165) is 44.0 Å². The molecule has 0 aliphatic heterocycles. The largest absolute Gasteiger partial charge is 0.507 e. The molecule has 0 heterocycles. The third-order valence-corrected chi connectivity index (χ3v) is 8.63. The summed E-state index contributed by atoms with van der Waals surface area (Å²) in [5.74, 6) is 0.267. The van der Waals surface area contributed by atoms with Gasteiger partial charge in [0.25, 0.3) is 0 Å². The van der Waals surface area contributed by atoms with Crippen LogP contribution in [0.4, 0.5) is 11.4 Å². The van der Waals surface area contributed by atoms with Crippen molar-refractivity contribution in [2.75, 3.05) is 17.3 Å². The Morgan fingerprint density at radius 1 is 0.364 bits per heavy atom. The first-order valence-corrected chi connectivity index (χ1v) is 15.0. The van der Waals surface area contributed by atoms with Crippen molar-refractivity contribution < 1.29 is 5.11 Å². The lowest BCUT2D eigenvalue weighted by atomic mass is 9.91. The van der Waals surface area contributed by atoms with Crippen LogP contribution in [0, 0.1) is 0 Å². The van der Waals surface area contributed by atoms with Crippen molar-refractivity contribution in [3.05, 3.63) is 152 Å². The third-order valence-electron chi connectivity index (χ3n) is 8.63. The summed E-state index contributed by atoms with van der Waals surface area (Å²) < 4.78 is 0. The molecule has 3 heteroatoms. The van der Waals surface area contributed by atoms with Crippen LogP contribution < -0.4 is 10.6 Å². The van der Waals surface area contributed by atoms with Crippen LogP contribution in [0.1, 0.15) is 0 Å². The van der Waals surface area contributed by atoms with E-state index in [1.807, 2.05) is 18.2 Å². The number of phenols is 1. The fourth-order valence-electron chi connectivity index (χ4n) is 6.60. The summed E-state index contributed by atoms with van der Waals surface area (Å²) in [6.45, 7) is 0.493. The second-order valence-electron chi connectivity index (χ2n) is 11.2. The topological polar surface area (TPSA) is 44.3 Å². The third kappa shape index (κ3) is 4.38. The fraction of sp³-hybridized carbons (Fsp3) is 0.0244. The van der Waals surface area contributed by atoms with Crippen LogP contribution in [0.15, 0.2) is 152 Å². The predicted octanol–water partition coefficient (Wildman–Crippen LogP) is 10.8. The zero-order valence-corrected chi connectivity index (χ0v) is 24.1. The van der Waals surface area contributed by atoms with Crippen molar-refractivity contribution in [3.8, 4) is 28.0 Å². The Morgan fingerprint density at radius 3 is 1.41 bits per heavy atom. The van der Waals surface area contributed by atoms with Crippen LogP contribution in [-0.2, 0) is 0 Å². The van der Waals surface area contributed by atoms with Gasteiger partial charge in [0.15, 0.2) is 0 Å². The molecule has 0 spiro atoms. The number of hydrogen-bond acceptors (Lipinski definition) is 3. The second kappa shape index (κ2) is 10.8. The minimum Gasteiger partial charge on any atom is -0.507 e. The summed E-state index contributed by atoms with van der Waals surface area (Å²) in [7, 11) is 0. The van der Waals surface area contributed by atoms with E-state index in [-0.39, 0.29) is 5.75 Å². The highest BCUT2D eigenvalue weighted by atomic mass is 16.3. The first-order chi connectivity index (χ1) is 21.8. The normalized spacial score (nSPS) is 11.4. The van der Waals surface area contributed by atoms with E-state index in [0.29, 0.717) is 6.67 Å². The van der Waals surface area contributed by atoms with Gasteiger partial charge in [-0.05, 0) is 66.9 Å². The molecule has 0 saturated carbocycles. The van der Waals surface area contributed by atoms with Crippen LogP contribution in [0.5, 0.6) is 5.75 Å². The molecule has 210 valence electrons. The van der Waals surface area contributed by atoms with Gasteiger partial charge in [0.2, 0.25) is 0 Å². The molecule has 0 aromatic heterocycles. The number of anilines is 2. The summed E-state index contributed by atoms with van der Waals surface area (Å²) in [6, 6.07) is 52.7. The average Bonchev–Trinajstić information content (AvgIpc) is 3.08. The molecular formula is C41H30N2O. The van der Waals surface area contributed by atoms with Crippen molar-refractivity contribution in [3.63, 3.8) is 0 Å². The van der Waals surface area contributed by atoms with Crippen molar-refractivity contribution in [2.24, 2.45) is 0 Å². The van der Waals surface area contributed by atoms with Crippen molar-refractivity contribution >= 4 is 54.5 Å². The Hall–Kier alpha value is -5.80. The quantitative estimate of drug-likeness (QED) is 0.175. The van der Waals surface area contributed by atoms with E-state index in [9.17, 15) is 5.11 Å². The highest BCUT2D eigenvalue weighted by Gasteiger charge is 2.17. The van der Waals surface area contributed by atoms with Crippen molar-refractivity contribution in [1.29, 1.82) is 0 Å². The van der Waals surface area contributed by atoms with Crippen LogP contribution in [-0.4, -0.2) is 11.8 Å². The summed E-state index contributed by atoms with van der Waals surface area (Å²) in [6.07, 6.45) is 0. The number of nitrogens with one attached hydrogen (secondary N) is 2. The van der Waals surface area contributed by atoms with Crippen LogP contribution in [0.2, 0.25) is 0 Å². The molecular weight excluding hydrogens is 536 g/mol. The van der Waals surface area contributed by atoms with Gasteiger partial charge in [0, 0.05) is 28.1 Å². The van der Waals surface area contributed by atoms with Crippen molar-refractivity contribution in [2.45, 2.75) is 0 Å². The standard InChI is InChI=1S/C41H30N2O/c44-38-25-22-30-13-4-8-18-34(30)41(38)40-33-17-7-3-12-29(33)21-24-37(40)43-26-42-36-23-20-28-11-2-6-16-32(28)39(36)35-19-9-14-27-10-1-5-15-31(27)35/h1-25,42-44H,26H2. The van der Waals surface area contributed by atoms with Crippen LogP contribution in [0.25, 0.3) is 65.3 Å². The fourth-order valence-corrected chi connectivity index (χ4v) is 6.60. The number of hydrogen-bond donors (Lipinski definition) is 3. The van der Waals surface area contributed by atoms with E-state index in [1.54, 1.807) is 6.07 Å². The number of rotatable bonds is 6. The molecule has 0 unspecified atom stereocenters. The van der Waals surface area contributed by atoms with Crippen molar-refractivity contribution in [1.82, 2.24) is 0 Å². The van der Waals surface area contributed by atoms with E-state index in [2.05, 4.69) is 138 Å². The molecule has 0 bridgehead atoms. The van der Waals surface area contributed by atoms with Gasteiger partial charge in [-0.2, -0.15) is 0 Å². The molecule has 0 aliphatic rings. The molecule has 3 nitrogen and oxygen atoms in total. The summed E-state index contributed by atoms with van der Waals surface area (Å²) in [4.78, 5) is 0. The molecule has 8 aromatic carbocycles. The lowest BCUT2D eigenvalue weighted by molar-refractivity contribution is 0.478. The van der Waals surface area contributed by atoms with Gasteiger partial charge >= 0.3 is 0 Å². The molecule has 8 rings (SSSR count). The molecule has 44 heavy (non-hydrogen) atoms. The summed E-state index contributed by atoms with van der Waals surface area (Å²) in [5.41, 5.74) is 6.23. The van der Waals surface area contributed by atoms with Gasteiger partial charge in [-0.15, -0.1) is 0 Å². The molecule has 8 aromatic rings. The maximum atomic E-state index is 11.3. The monoisotopic (exact) mass is 566 g/mol. The maximum Gasteiger partial charge on any atom is 0.124 e. The van der Waals surface area contributed by atoms with Gasteiger partial charge in [0.05, 0.1) is 6.67 Å². The summed E-state index contributed by atoms with van der Waals surface area (Å²) in [5, 5.41) is 27.9. The van der Waals surface area contributed by atoms with E-state index in [1.165, 1.54) is 32.7 Å². The minimum atomic E-state index is 0.267. The van der Waals surface area contributed by atoms with Gasteiger partial charge in [-0.25, -0.2) is 0 Å². The lowest BCUT2D eigenvalue weighted by Gasteiger charge is -2.20. The smallest absolute Gasteiger partial charge is 0.124 e. The second-order valence-corrected chi connectivity index (χ2v) is 11.2. The highest BCUT2D eigenvalue weighted by molar-refractivity contribution is 6.12. The van der Waals surface area contributed by atoms with Gasteiger partial charge in [-0.1, -0.05) is 133 Å². The molecule has 0 atom stereocenters. The Labute approximate surface area is 256 Å². The van der Waals surface area contributed by atoms with Gasteiger partial charge in [-0.3, -0.25) is 0 Å².